The molecule has 0 radical (unpaired) electrons. The van der Waals surface area contributed by atoms with Gasteiger partial charge in [0.1, 0.15) is 24.2 Å². The van der Waals surface area contributed by atoms with E-state index in [0.29, 0.717) is 19.3 Å². The Balaban J connectivity index is 6.82. The number of likely N-dealkylation sites (N-methyl/N-ethyl adjacent to an activating group) is 4. The van der Waals surface area contributed by atoms with Gasteiger partial charge in [0.15, 0.2) is 0 Å². The Morgan fingerprint density at radius 3 is 1.67 bits per heavy atom. The monoisotopic (exact) mass is 680 g/mol. The number of allylic oxidation sites excluding steroid dienone is 2. The van der Waals surface area contributed by atoms with Crippen LogP contribution in [-0.4, -0.2) is 118 Å². The fourth-order valence-corrected chi connectivity index (χ4v) is 5.68. The quantitative estimate of drug-likeness (QED) is 0.234. The molecule has 11 nitrogen and oxygen atoms in total. The SMILES string of the molecule is C/C=C/C[C@@H](C)[C@@H](O)[C@@H](C(=O)NC(CC)C(=O)N(C)C(C)(C)C)N(C)C(=O)C(C(C)C)N(C)C(=O)[C@H](CC(C)C)N(C)C(=O)C(C)(C)C. The zero-order chi connectivity index (χ0) is 38.1. The van der Waals surface area contributed by atoms with E-state index in [0.717, 1.165) is 0 Å². The number of hydrogen-bond donors (Lipinski definition) is 2. The van der Waals surface area contributed by atoms with E-state index in [1.54, 1.807) is 60.7 Å². The van der Waals surface area contributed by atoms with Crippen molar-refractivity contribution in [1.82, 2.24) is 24.9 Å². The Hall–Kier alpha value is -2.95. The number of aliphatic hydroxyl groups is 1. The molecule has 0 aliphatic carbocycles. The van der Waals surface area contributed by atoms with Crippen molar-refractivity contribution in [2.24, 2.45) is 23.2 Å². The predicted molar refractivity (Wildman–Crippen MR) is 193 cm³/mol. The Bertz CT molecular complexity index is 1120. The Morgan fingerprint density at radius 2 is 1.27 bits per heavy atom. The largest absolute Gasteiger partial charge is 0.390 e. The van der Waals surface area contributed by atoms with Crippen molar-refractivity contribution in [3.05, 3.63) is 12.2 Å². The molecule has 2 N–H and O–H groups in total. The van der Waals surface area contributed by atoms with Crippen LogP contribution in [-0.2, 0) is 24.0 Å². The molecule has 5 amide bonds. The van der Waals surface area contributed by atoms with Gasteiger partial charge in [-0.3, -0.25) is 24.0 Å². The maximum Gasteiger partial charge on any atom is 0.246 e. The number of aliphatic hydroxyl groups excluding tert-OH is 1. The third-order valence-electron chi connectivity index (χ3n) is 9.10. The van der Waals surface area contributed by atoms with Crippen molar-refractivity contribution in [3.8, 4) is 0 Å². The summed E-state index contributed by atoms with van der Waals surface area (Å²) < 4.78 is 0. The van der Waals surface area contributed by atoms with Crippen molar-refractivity contribution >= 4 is 29.5 Å². The first kappa shape index (κ1) is 45.0. The molecule has 0 aromatic heterocycles. The number of carbonyl (C=O) groups excluding carboxylic acids is 5. The standard InChI is InChI=1S/C37H69N5O6/c1-18-20-21-25(7)30(43)29(31(44)38-26(19-2)32(45)42(17)37(11,12)13)41(16)34(47)28(24(5)6)40(15)33(46)27(22-23(3)4)39(14)35(48)36(8,9)10/h18,20,23-30,43H,19,21-22H2,1-17H3,(H,38,44)/b20-18+/t25-,26?,27+,28?,29+,30-/m1/s1. The van der Waals surface area contributed by atoms with Crippen LogP contribution in [0.4, 0.5) is 0 Å². The molecule has 0 aliphatic heterocycles. The van der Waals surface area contributed by atoms with Crippen molar-refractivity contribution in [2.45, 2.75) is 145 Å². The van der Waals surface area contributed by atoms with Gasteiger partial charge in [-0.05, 0) is 64.7 Å². The molecule has 278 valence electrons. The van der Waals surface area contributed by atoms with Crippen LogP contribution in [0.2, 0.25) is 0 Å². The lowest BCUT2D eigenvalue weighted by molar-refractivity contribution is -0.157. The minimum Gasteiger partial charge on any atom is -0.390 e. The molecular formula is C37H69N5O6. The summed E-state index contributed by atoms with van der Waals surface area (Å²) in [4.78, 5) is 75.0. The van der Waals surface area contributed by atoms with E-state index < -0.39 is 59.0 Å². The molecule has 0 saturated heterocycles. The fraction of sp³-hybridized carbons (Fsp3) is 0.811. The maximum atomic E-state index is 14.4. The molecule has 0 aliphatic rings. The van der Waals surface area contributed by atoms with Crippen LogP contribution in [0.3, 0.4) is 0 Å². The Morgan fingerprint density at radius 1 is 0.771 bits per heavy atom. The van der Waals surface area contributed by atoms with Crippen molar-refractivity contribution in [1.29, 1.82) is 0 Å². The van der Waals surface area contributed by atoms with E-state index in [2.05, 4.69) is 5.32 Å². The van der Waals surface area contributed by atoms with Crippen LogP contribution in [0.1, 0.15) is 109 Å². The summed E-state index contributed by atoms with van der Waals surface area (Å²) >= 11 is 0. The molecule has 6 atom stereocenters. The fourth-order valence-electron chi connectivity index (χ4n) is 5.68. The summed E-state index contributed by atoms with van der Waals surface area (Å²) in [6, 6.07) is -4.02. The number of nitrogens with one attached hydrogen (secondary N) is 1. The van der Waals surface area contributed by atoms with E-state index in [4.69, 9.17) is 0 Å². The first-order valence-corrected chi connectivity index (χ1v) is 17.4. The maximum absolute atomic E-state index is 14.4. The minimum absolute atomic E-state index is 0.0897. The molecule has 0 spiro atoms. The van der Waals surface area contributed by atoms with Gasteiger partial charge in [-0.25, -0.2) is 0 Å². The van der Waals surface area contributed by atoms with E-state index in [1.807, 2.05) is 67.5 Å². The van der Waals surface area contributed by atoms with Gasteiger partial charge in [-0.2, -0.15) is 0 Å². The summed E-state index contributed by atoms with van der Waals surface area (Å²) in [7, 11) is 6.31. The summed E-state index contributed by atoms with van der Waals surface area (Å²) in [6.07, 6.45) is 3.63. The van der Waals surface area contributed by atoms with Gasteiger partial charge in [0.05, 0.1) is 6.10 Å². The second kappa shape index (κ2) is 18.7. The van der Waals surface area contributed by atoms with Crippen LogP contribution in [0.25, 0.3) is 0 Å². The van der Waals surface area contributed by atoms with E-state index in [9.17, 15) is 29.1 Å². The zero-order valence-electron chi connectivity index (χ0n) is 33.2. The third-order valence-corrected chi connectivity index (χ3v) is 9.10. The highest BCUT2D eigenvalue weighted by Crippen LogP contribution is 2.25. The molecule has 0 aromatic rings. The summed E-state index contributed by atoms with van der Waals surface area (Å²) in [6.45, 7) is 24.1. The highest BCUT2D eigenvalue weighted by molar-refractivity contribution is 5.96. The minimum atomic E-state index is -1.35. The zero-order valence-corrected chi connectivity index (χ0v) is 33.2. The molecule has 0 heterocycles. The van der Waals surface area contributed by atoms with Gasteiger partial charge in [0.2, 0.25) is 29.5 Å². The van der Waals surface area contributed by atoms with E-state index >= 15 is 0 Å². The summed E-state index contributed by atoms with van der Waals surface area (Å²) in [5.41, 5.74) is -1.20. The molecule has 48 heavy (non-hydrogen) atoms. The van der Waals surface area contributed by atoms with Gasteiger partial charge >= 0.3 is 0 Å². The Kier molecular flexibility index (Phi) is 17.6. The molecule has 2 unspecified atom stereocenters. The first-order valence-electron chi connectivity index (χ1n) is 17.4. The average molecular weight is 680 g/mol. The summed E-state index contributed by atoms with van der Waals surface area (Å²) in [5, 5.41) is 14.4. The van der Waals surface area contributed by atoms with Gasteiger partial charge < -0.3 is 30.0 Å². The van der Waals surface area contributed by atoms with Crippen LogP contribution in [0, 0.1) is 23.2 Å². The third kappa shape index (κ3) is 12.2. The second-order valence-electron chi connectivity index (χ2n) is 16.2. The topological polar surface area (TPSA) is 131 Å². The lowest BCUT2D eigenvalue weighted by Gasteiger charge is -2.41. The molecule has 0 bridgehead atoms. The Labute approximate surface area is 291 Å². The highest BCUT2D eigenvalue weighted by atomic mass is 16.3. The molecule has 11 heteroatoms. The number of carbonyl (C=O) groups is 5. The number of nitrogens with zero attached hydrogens (tertiary/aromatic N) is 4. The van der Waals surface area contributed by atoms with Gasteiger partial charge in [0.25, 0.3) is 0 Å². The smallest absolute Gasteiger partial charge is 0.246 e. The average Bonchev–Trinajstić information content (AvgIpc) is 2.97. The van der Waals surface area contributed by atoms with Crippen LogP contribution >= 0.6 is 0 Å². The van der Waals surface area contributed by atoms with Crippen LogP contribution in [0.5, 0.6) is 0 Å². The van der Waals surface area contributed by atoms with Gasteiger partial charge in [0, 0.05) is 39.1 Å². The second-order valence-corrected chi connectivity index (χ2v) is 16.2. The first-order chi connectivity index (χ1) is 21.8. The van der Waals surface area contributed by atoms with Gasteiger partial charge in [-0.15, -0.1) is 0 Å². The van der Waals surface area contributed by atoms with Crippen molar-refractivity contribution in [3.63, 3.8) is 0 Å². The van der Waals surface area contributed by atoms with E-state index in [-0.39, 0.29) is 29.6 Å². The van der Waals surface area contributed by atoms with Crippen LogP contribution in [0.15, 0.2) is 12.2 Å². The molecule has 0 saturated carbocycles. The normalized spacial score (nSPS) is 16.2. The van der Waals surface area contributed by atoms with Gasteiger partial charge in [-0.1, -0.05) is 74.5 Å². The predicted octanol–water partition coefficient (Wildman–Crippen LogP) is 4.33. The lowest BCUT2D eigenvalue weighted by atomic mass is 9.91. The van der Waals surface area contributed by atoms with Crippen LogP contribution < -0.4 is 5.32 Å². The summed E-state index contributed by atoms with van der Waals surface area (Å²) in [5.74, 6) is -2.73. The number of rotatable bonds is 16. The highest BCUT2D eigenvalue weighted by Gasteiger charge is 2.44. The lowest BCUT2D eigenvalue weighted by Crippen LogP contribution is -2.63. The number of amides is 5. The van der Waals surface area contributed by atoms with Crippen molar-refractivity contribution < 1.29 is 29.1 Å². The molecule has 0 rings (SSSR count). The molecule has 0 aromatic carbocycles. The number of hydrogen-bond acceptors (Lipinski definition) is 6. The molecular weight excluding hydrogens is 610 g/mol. The van der Waals surface area contributed by atoms with Crippen molar-refractivity contribution in [2.75, 3.05) is 28.2 Å². The molecule has 0 fully saturated rings. The van der Waals surface area contributed by atoms with E-state index in [1.165, 1.54) is 21.7 Å².